The molecule has 4 rings (SSSR count). The molecular formula is C28H34Br2N2O2S2. The van der Waals surface area contributed by atoms with Gasteiger partial charge in [-0.25, -0.2) is 0 Å². The van der Waals surface area contributed by atoms with Crippen molar-refractivity contribution in [3.63, 3.8) is 0 Å². The average molecular weight is 655 g/mol. The molecular weight excluding hydrogens is 620 g/mol. The molecule has 36 heavy (non-hydrogen) atoms. The largest absolute Gasteiger partial charge is 1.00 e. The highest BCUT2D eigenvalue weighted by Crippen LogP contribution is 2.34. The number of rotatable bonds is 9. The van der Waals surface area contributed by atoms with Gasteiger partial charge < -0.3 is 44.2 Å². The van der Waals surface area contributed by atoms with Gasteiger partial charge in [0, 0.05) is 51.0 Å². The van der Waals surface area contributed by atoms with Crippen LogP contribution in [0, 0.1) is 27.7 Å². The van der Waals surface area contributed by atoms with Gasteiger partial charge in [-0.05, 0) is 36.1 Å². The Morgan fingerprint density at radius 2 is 1.03 bits per heavy atom. The molecule has 2 aromatic heterocycles. The molecule has 0 amide bonds. The number of thiazole rings is 2. The zero-order chi connectivity index (χ0) is 24.2. The lowest BCUT2D eigenvalue weighted by Crippen LogP contribution is -3.00. The number of aliphatic hydroxyl groups is 2. The van der Waals surface area contributed by atoms with Crippen LogP contribution in [0.4, 0.5) is 0 Å². The van der Waals surface area contributed by atoms with E-state index in [-0.39, 0.29) is 47.2 Å². The second kappa shape index (κ2) is 13.9. The fourth-order valence-corrected chi connectivity index (χ4v) is 6.67. The fourth-order valence-electron chi connectivity index (χ4n) is 4.70. The van der Waals surface area contributed by atoms with Gasteiger partial charge in [-0.15, -0.1) is 0 Å². The lowest BCUT2D eigenvalue weighted by atomic mass is 9.88. The number of benzene rings is 2. The maximum Gasteiger partial charge on any atom is 0.225 e. The van der Waals surface area contributed by atoms with Crippen LogP contribution in [0.1, 0.15) is 43.4 Å². The molecule has 194 valence electrons. The van der Waals surface area contributed by atoms with E-state index in [1.165, 1.54) is 54.5 Å². The lowest BCUT2D eigenvalue weighted by molar-refractivity contribution is -0.690. The molecule has 2 heterocycles. The summed E-state index contributed by atoms with van der Waals surface area (Å²) in [5.74, 6) is 0. The maximum absolute atomic E-state index is 9.39. The van der Waals surface area contributed by atoms with Crippen LogP contribution in [0.2, 0.25) is 0 Å². The van der Waals surface area contributed by atoms with E-state index >= 15 is 0 Å². The average Bonchev–Trinajstić information content (AvgIpc) is 3.33. The summed E-state index contributed by atoms with van der Waals surface area (Å²) in [5.41, 5.74) is 14.7. The minimum atomic E-state index is 0. The summed E-state index contributed by atoms with van der Waals surface area (Å²) in [6.07, 6.45) is 1.42. The number of nitrogens with zero attached hydrogens (tertiary/aromatic N) is 2. The molecule has 0 aliphatic rings. The molecule has 0 bridgehead atoms. The van der Waals surface area contributed by atoms with Crippen molar-refractivity contribution in [2.45, 2.75) is 53.6 Å². The highest BCUT2D eigenvalue weighted by molar-refractivity contribution is 7.09. The van der Waals surface area contributed by atoms with E-state index in [9.17, 15) is 10.2 Å². The number of aromatic nitrogens is 2. The standard InChI is InChI=1S/C28H34N2O2S2.2BrH/c1-19-7-5-9-23(15-29-17-33-25(11-13-31)21(29)3)27(19)28-20(2)8-6-10-24(28)16-30-18-34-26(12-14-32)22(30)4;;/h5-10,17-18,31-32H,11-16H2,1-4H3;2*1H/q+2;;/p-2. The molecule has 8 heteroatoms. The number of aryl methyl sites for hydroxylation is 2. The smallest absolute Gasteiger partial charge is 0.225 e. The van der Waals surface area contributed by atoms with Gasteiger partial charge in [0.1, 0.15) is 0 Å². The predicted octanol–water partition coefficient (Wildman–Crippen LogP) is -1.54. The van der Waals surface area contributed by atoms with E-state index < -0.39 is 0 Å². The van der Waals surface area contributed by atoms with Gasteiger partial charge in [-0.2, -0.15) is 9.13 Å². The lowest BCUT2D eigenvalue weighted by Gasteiger charge is -2.17. The molecule has 0 radical (unpaired) electrons. The summed E-state index contributed by atoms with van der Waals surface area (Å²) in [6, 6.07) is 13.2. The van der Waals surface area contributed by atoms with Crippen LogP contribution in [-0.2, 0) is 25.9 Å². The van der Waals surface area contributed by atoms with E-state index in [1.807, 2.05) is 0 Å². The summed E-state index contributed by atoms with van der Waals surface area (Å²) in [7, 11) is 0. The SMILES string of the molecule is Cc1cccc(C[n+]2csc(CCO)c2C)c1-c1c(C)cccc1C[n+]1csc(CCO)c1C.[Br-].[Br-]. The van der Waals surface area contributed by atoms with Crippen molar-refractivity contribution in [3.05, 3.63) is 90.8 Å². The number of hydrogen-bond acceptors (Lipinski definition) is 4. The first-order valence-electron chi connectivity index (χ1n) is 11.8. The van der Waals surface area contributed by atoms with E-state index in [2.05, 4.69) is 84.2 Å². The quantitative estimate of drug-likeness (QED) is 0.215. The van der Waals surface area contributed by atoms with Crippen LogP contribution >= 0.6 is 22.7 Å². The van der Waals surface area contributed by atoms with Gasteiger partial charge >= 0.3 is 0 Å². The van der Waals surface area contributed by atoms with Crippen molar-refractivity contribution >= 4 is 22.7 Å². The Bertz CT molecular complexity index is 1200. The first-order chi connectivity index (χ1) is 16.4. The normalized spacial score (nSPS) is 10.7. The van der Waals surface area contributed by atoms with Crippen molar-refractivity contribution < 1.29 is 53.3 Å². The Hall–Kier alpha value is -1.42. The monoisotopic (exact) mass is 652 g/mol. The molecule has 0 unspecified atom stereocenters. The molecule has 0 fully saturated rings. The molecule has 0 aliphatic heterocycles. The predicted molar refractivity (Wildman–Crippen MR) is 140 cm³/mol. The Balaban J connectivity index is 0.00000228. The maximum atomic E-state index is 9.39. The third-order valence-electron chi connectivity index (χ3n) is 6.64. The Labute approximate surface area is 243 Å². The molecule has 0 saturated heterocycles. The van der Waals surface area contributed by atoms with Gasteiger partial charge in [-0.1, -0.05) is 59.1 Å². The number of hydrogen-bond donors (Lipinski definition) is 2. The van der Waals surface area contributed by atoms with Crippen LogP contribution in [0.25, 0.3) is 11.1 Å². The van der Waals surface area contributed by atoms with E-state index in [1.54, 1.807) is 22.7 Å². The Kier molecular flexibility index (Phi) is 11.9. The highest BCUT2D eigenvalue weighted by atomic mass is 79.9. The first-order valence-corrected chi connectivity index (χ1v) is 13.5. The molecule has 0 atom stereocenters. The highest BCUT2D eigenvalue weighted by Gasteiger charge is 2.23. The minimum Gasteiger partial charge on any atom is -1.00 e. The van der Waals surface area contributed by atoms with Crippen LogP contribution in [0.5, 0.6) is 0 Å². The summed E-state index contributed by atoms with van der Waals surface area (Å²) in [4.78, 5) is 2.49. The summed E-state index contributed by atoms with van der Waals surface area (Å²) in [6.45, 7) is 10.7. The van der Waals surface area contributed by atoms with Crippen molar-refractivity contribution in [2.75, 3.05) is 13.2 Å². The molecule has 2 N–H and O–H groups in total. The van der Waals surface area contributed by atoms with Gasteiger partial charge in [-0.3, -0.25) is 0 Å². The van der Waals surface area contributed by atoms with Gasteiger partial charge in [0.05, 0.1) is 9.75 Å². The second-order valence-electron chi connectivity index (χ2n) is 8.88. The van der Waals surface area contributed by atoms with Gasteiger partial charge in [0.25, 0.3) is 0 Å². The molecule has 0 spiro atoms. The summed E-state index contributed by atoms with van der Waals surface area (Å²) in [5, 5.41) is 18.8. The van der Waals surface area contributed by atoms with Crippen molar-refractivity contribution in [1.29, 1.82) is 0 Å². The summed E-state index contributed by atoms with van der Waals surface area (Å²) >= 11 is 3.45. The van der Waals surface area contributed by atoms with Crippen molar-refractivity contribution in [3.8, 4) is 11.1 Å². The second-order valence-corrected chi connectivity index (χ2v) is 10.8. The third kappa shape index (κ3) is 6.52. The van der Waals surface area contributed by atoms with Crippen molar-refractivity contribution in [2.24, 2.45) is 0 Å². The van der Waals surface area contributed by atoms with Crippen molar-refractivity contribution in [1.82, 2.24) is 0 Å². The fraction of sp³-hybridized carbons (Fsp3) is 0.357. The van der Waals surface area contributed by atoms with E-state index in [0.717, 1.165) is 13.1 Å². The zero-order valence-corrected chi connectivity index (χ0v) is 26.0. The molecule has 0 aliphatic carbocycles. The molecule has 0 saturated carbocycles. The minimum absolute atomic E-state index is 0. The molecule has 2 aromatic carbocycles. The number of halogens is 2. The van der Waals surface area contributed by atoms with Gasteiger partial charge in [0.2, 0.25) is 11.0 Å². The Morgan fingerprint density at radius 1 is 0.639 bits per heavy atom. The number of aliphatic hydroxyl groups excluding tert-OH is 2. The summed E-state index contributed by atoms with van der Waals surface area (Å²) < 4.78 is 4.62. The van der Waals surface area contributed by atoms with Crippen LogP contribution in [0.15, 0.2) is 47.4 Å². The van der Waals surface area contributed by atoms with Gasteiger partial charge in [0.15, 0.2) is 24.5 Å². The molecule has 4 nitrogen and oxygen atoms in total. The topological polar surface area (TPSA) is 48.2 Å². The van der Waals surface area contributed by atoms with Crippen LogP contribution in [0.3, 0.4) is 0 Å². The van der Waals surface area contributed by atoms with E-state index in [4.69, 9.17) is 0 Å². The molecule has 4 aromatic rings. The zero-order valence-electron chi connectivity index (χ0n) is 21.2. The van der Waals surface area contributed by atoms with Crippen LogP contribution < -0.4 is 43.1 Å². The van der Waals surface area contributed by atoms with E-state index in [0.29, 0.717) is 12.8 Å². The Morgan fingerprint density at radius 3 is 1.39 bits per heavy atom. The first kappa shape index (κ1) is 30.8. The van der Waals surface area contributed by atoms with Crippen LogP contribution in [-0.4, -0.2) is 23.4 Å². The third-order valence-corrected chi connectivity index (χ3v) is 8.93.